The SMILES string of the molecule is CCn1cccc1C(=O)NCCOCCO. The van der Waals surface area contributed by atoms with Crippen molar-refractivity contribution in [2.24, 2.45) is 0 Å². The van der Waals surface area contributed by atoms with Crippen LogP contribution in [0.25, 0.3) is 0 Å². The molecule has 0 atom stereocenters. The fraction of sp³-hybridized carbons (Fsp3) is 0.545. The lowest BCUT2D eigenvalue weighted by Crippen LogP contribution is -2.29. The first-order valence-electron chi connectivity index (χ1n) is 5.41. The lowest BCUT2D eigenvalue weighted by Gasteiger charge is -2.07. The maximum Gasteiger partial charge on any atom is 0.267 e. The van der Waals surface area contributed by atoms with Crippen molar-refractivity contribution in [1.29, 1.82) is 0 Å². The number of nitrogens with zero attached hydrogens (tertiary/aromatic N) is 1. The number of carbonyl (C=O) groups is 1. The molecule has 0 aromatic carbocycles. The van der Waals surface area contributed by atoms with Crippen LogP contribution in [-0.2, 0) is 11.3 Å². The molecule has 0 aliphatic rings. The lowest BCUT2D eigenvalue weighted by atomic mass is 10.4. The minimum absolute atomic E-state index is 0.00658. The van der Waals surface area contributed by atoms with Gasteiger partial charge in [-0.3, -0.25) is 4.79 Å². The van der Waals surface area contributed by atoms with Crippen LogP contribution in [0.15, 0.2) is 18.3 Å². The highest BCUT2D eigenvalue weighted by Gasteiger charge is 2.08. The zero-order valence-electron chi connectivity index (χ0n) is 9.48. The van der Waals surface area contributed by atoms with E-state index in [4.69, 9.17) is 9.84 Å². The van der Waals surface area contributed by atoms with Gasteiger partial charge in [-0.25, -0.2) is 0 Å². The molecule has 0 aliphatic carbocycles. The van der Waals surface area contributed by atoms with Crippen LogP contribution < -0.4 is 5.32 Å². The topological polar surface area (TPSA) is 63.5 Å². The number of rotatable bonds is 7. The largest absolute Gasteiger partial charge is 0.394 e. The van der Waals surface area contributed by atoms with E-state index in [2.05, 4.69) is 5.32 Å². The summed E-state index contributed by atoms with van der Waals surface area (Å²) in [4.78, 5) is 11.7. The van der Waals surface area contributed by atoms with Crippen LogP contribution in [-0.4, -0.2) is 41.9 Å². The van der Waals surface area contributed by atoms with E-state index in [1.165, 1.54) is 0 Å². The summed E-state index contributed by atoms with van der Waals surface area (Å²) in [6, 6.07) is 3.63. The summed E-state index contributed by atoms with van der Waals surface area (Å²) in [7, 11) is 0. The van der Waals surface area contributed by atoms with E-state index in [1.54, 1.807) is 6.07 Å². The minimum Gasteiger partial charge on any atom is -0.394 e. The van der Waals surface area contributed by atoms with E-state index < -0.39 is 0 Å². The average molecular weight is 226 g/mol. The van der Waals surface area contributed by atoms with Crippen molar-refractivity contribution in [3.8, 4) is 0 Å². The molecule has 90 valence electrons. The monoisotopic (exact) mass is 226 g/mol. The second-order valence-electron chi connectivity index (χ2n) is 3.27. The van der Waals surface area contributed by atoms with Crippen molar-refractivity contribution < 1.29 is 14.6 Å². The van der Waals surface area contributed by atoms with E-state index >= 15 is 0 Å². The van der Waals surface area contributed by atoms with Gasteiger partial charge in [-0.15, -0.1) is 0 Å². The van der Waals surface area contributed by atoms with Crippen molar-refractivity contribution in [1.82, 2.24) is 9.88 Å². The standard InChI is InChI=1S/C11H18N2O3/c1-2-13-6-3-4-10(13)11(15)12-5-8-16-9-7-14/h3-4,6,14H,2,5,7-9H2,1H3,(H,12,15). The van der Waals surface area contributed by atoms with Crippen LogP contribution in [0.3, 0.4) is 0 Å². The molecule has 0 saturated carbocycles. The molecule has 1 rings (SSSR count). The predicted molar refractivity (Wildman–Crippen MR) is 60.3 cm³/mol. The summed E-state index contributed by atoms with van der Waals surface area (Å²) in [5.41, 5.74) is 0.657. The maximum atomic E-state index is 11.7. The number of ether oxygens (including phenoxy) is 1. The van der Waals surface area contributed by atoms with Gasteiger partial charge in [-0.05, 0) is 19.1 Å². The van der Waals surface area contributed by atoms with E-state index in [9.17, 15) is 4.79 Å². The van der Waals surface area contributed by atoms with E-state index in [1.807, 2.05) is 23.8 Å². The molecule has 0 radical (unpaired) electrons. The van der Waals surface area contributed by atoms with Gasteiger partial charge < -0.3 is 19.7 Å². The summed E-state index contributed by atoms with van der Waals surface area (Å²) >= 11 is 0. The molecule has 0 spiro atoms. The second kappa shape index (κ2) is 7.03. The van der Waals surface area contributed by atoms with Crippen LogP contribution in [0.1, 0.15) is 17.4 Å². The first-order valence-corrected chi connectivity index (χ1v) is 5.41. The molecular formula is C11H18N2O3. The highest BCUT2D eigenvalue weighted by molar-refractivity contribution is 5.92. The maximum absolute atomic E-state index is 11.7. The van der Waals surface area contributed by atoms with Gasteiger partial charge in [0.25, 0.3) is 5.91 Å². The van der Waals surface area contributed by atoms with E-state index in [-0.39, 0.29) is 12.5 Å². The molecule has 1 aromatic heterocycles. The molecule has 0 saturated heterocycles. The van der Waals surface area contributed by atoms with Crippen molar-refractivity contribution in [2.75, 3.05) is 26.4 Å². The number of aliphatic hydroxyl groups is 1. The molecule has 0 bridgehead atoms. The van der Waals surface area contributed by atoms with Crippen molar-refractivity contribution in [3.05, 3.63) is 24.0 Å². The number of hydrogen-bond acceptors (Lipinski definition) is 3. The zero-order chi connectivity index (χ0) is 11.8. The first kappa shape index (κ1) is 12.7. The van der Waals surface area contributed by atoms with E-state index in [0.29, 0.717) is 25.5 Å². The molecule has 1 aromatic rings. The first-order chi connectivity index (χ1) is 7.79. The third-order valence-electron chi connectivity index (χ3n) is 2.17. The fourth-order valence-corrected chi connectivity index (χ4v) is 1.39. The summed E-state index contributed by atoms with van der Waals surface area (Å²) in [5, 5.41) is 11.2. The molecule has 16 heavy (non-hydrogen) atoms. The van der Waals surface area contributed by atoms with Crippen molar-refractivity contribution in [2.45, 2.75) is 13.5 Å². The molecule has 0 aliphatic heterocycles. The number of aryl methyl sites for hydroxylation is 1. The Kier molecular flexibility index (Phi) is 5.60. The minimum atomic E-state index is -0.0977. The number of nitrogens with one attached hydrogen (secondary N) is 1. The van der Waals surface area contributed by atoms with Gasteiger partial charge in [0.05, 0.1) is 19.8 Å². The molecule has 1 heterocycles. The Morgan fingerprint density at radius 1 is 1.56 bits per heavy atom. The Bertz CT molecular complexity index is 323. The van der Waals surface area contributed by atoms with Crippen LogP contribution in [0.2, 0.25) is 0 Å². The van der Waals surface area contributed by atoms with Gasteiger partial charge >= 0.3 is 0 Å². The fourth-order valence-electron chi connectivity index (χ4n) is 1.39. The average Bonchev–Trinajstić information content (AvgIpc) is 2.76. The number of amides is 1. The van der Waals surface area contributed by atoms with Gasteiger partial charge in [0, 0.05) is 19.3 Å². The number of aromatic nitrogens is 1. The summed E-state index contributed by atoms with van der Waals surface area (Å²) in [5.74, 6) is -0.0977. The normalized spacial score (nSPS) is 10.4. The molecule has 5 nitrogen and oxygen atoms in total. The molecule has 0 unspecified atom stereocenters. The van der Waals surface area contributed by atoms with Gasteiger partial charge in [0.1, 0.15) is 5.69 Å². The Morgan fingerprint density at radius 3 is 3.06 bits per heavy atom. The molecule has 1 amide bonds. The highest BCUT2D eigenvalue weighted by Crippen LogP contribution is 2.01. The highest BCUT2D eigenvalue weighted by atomic mass is 16.5. The van der Waals surface area contributed by atoms with Crippen LogP contribution in [0.5, 0.6) is 0 Å². The molecular weight excluding hydrogens is 208 g/mol. The summed E-state index contributed by atoms with van der Waals surface area (Å²) in [6.07, 6.45) is 1.87. The Balaban J connectivity index is 2.30. The van der Waals surface area contributed by atoms with E-state index in [0.717, 1.165) is 6.54 Å². The Morgan fingerprint density at radius 2 is 2.38 bits per heavy atom. The molecule has 5 heteroatoms. The Labute approximate surface area is 95.0 Å². The zero-order valence-corrected chi connectivity index (χ0v) is 9.48. The number of aliphatic hydroxyl groups excluding tert-OH is 1. The third-order valence-corrected chi connectivity index (χ3v) is 2.17. The lowest BCUT2D eigenvalue weighted by molar-refractivity contribution is 0.0832. The van der Waals surface area contributed by atoms with Crippen LogP contribution in [0, 0.1) is 0 Å². The predicted octanol–water partition coefficient (Wildman–Crippen LogP) is 0.247. The summed E-state index contributed by atoms with van der Waals surface area (Å²) < 4.78 is 6.91. The van der Waals surface area contributed by atoms with Gasteiger partial charge in [-0.1, -0.05) is 0 Å². The van der Waals surface area contributed by atoms with Gasteiger partial charge in [-0.2, -0.15) is 0 Å². The second-order valence-corrected chi connectivity index (χ2v) is 3.27. The number of carbonyl (C=O) groups excluding carboxylic acids is 1. The van der Waals surface area contributed by atoms with Gasteiger partial charge in [0.2, 0.25) is 0 Å². The van der Waals surface area contributed by atoms with Crippen LogP contribution >= 0.6 is 0 Å². The Hall–Kier alpha value is -1.33. The van der Waals surface area contributed by atoms with Gasteiger partial charge in [0.15, 0.2) is 0 Å². The molecule has 2 N–H and O–H groups in total. The summed E-state index contributed by atoms with van der Waals surface area (Å²) in [6.45, 7) is 3.94. The molecule has 0 fully saturated rings. The van der Waals surface area contributed by atoms with Crippen molar-refractivity contribution >= 4 is 5.91 Å². The third kappa shape index (κ3) is 3.67. The smallest absolute Gasteiger partial charge is 0.267 e. The number of hydrogen-bond donors (Lipinski definition) is 2. The van der Waals surface area contributed by atoms with Crippen molar-refractivity contribution in [3.63, 3.8) is 0 Å². The van der Waals surface area contributed by atoms with Crippen LogP contribution in [0.4, 0.5) is 0 Å². The quantitative estimate of drug-likeness (QED) is 0.655.